The molecule has 0 unspecified atom stereocenters. The van der Waals surface area contributed by atoms with Crippen LogP contribution in [-0.2, 0) is 16.6 Å². The minimum absolute atomic E-state index is 0.0527. The highest BCUT2D eigenvalue weighted by molar-refractivity contribution is 7.92. The zero-order chi connectivity index (χ0) is 21.6. The molecular formula is C21H17FN4O4S. The second-order valence-electron chi connectivity index (χ2n) is 7.02. The average Bonchev–Trinajstić information content (AvgIpc) is 3.38. The predicted molar refractivity (Wildman–Crippen MR) is 110 cm³/mol. The fourth-order valence-corrected chi connectivity index (χ4v) is 4.87. The Morgan fingerprint density at radius 3 is 2.74 bits per heavy atom. The summed E-state index contributed by atoms with van der Waals surface area (Å²) in [5, 5.41) is 7.96. The maximum absolute atomic E-state index is 13.8. The van der Waals surface area contributed by atoms with Crippen molar-refractivity contribution >= 4 is 21.4 Å². The summed E-state index contributed by atoms with van der Waals surface area (Å²) >= 11 is 0. The molecule has 0 saturated carbocycles. The van der Waals surface area contributed by atoms with Crippen molar-refractivity contribution in [3.63, 3.8) is 0 Å². The number of ether oxygens (including phenoxy) is 2. The molecule has 0 saturated heterocycles. The summed E-state index contributed by atoms with van der Waals surface area (Å²) in [5.41, 5.74) is 1.41. The Morgan fingerprint density at radius 1 is 1.06 bits per heavy atom. The van der Waals surface area contributed by atoms with Gasteiger partial charge in [0.15, 0.2) is 17.1 Å². The molecule has 0 aliphatic carbocycles. The van der Waals surface area contributed by atoms with E-state index in [2.05, 4.69) is 10.2 Å². The molecule has 158 valence electrons. The van der Waals surface area contributed by atoms with Crippen LogP contribution in [0.2, 0.25) is 0 Å². The highest BCUT2D eigenvalue weighted by atomic mass is 32.2. The van der Waals surface area contributed by atoms with E-state index in [0.717, 1.165) is 0 Å². The van der Waals surface area contributed by atoms with E-state index in [1.165, 1.54) is 28.7 Å². The number of fused-ring (bicyclic) bond motifs is 2. The van der Waals surface area contributed by atoms with Crippen molar-refractivity contribution in [3.8, 4) is 11.5 Å². The molecular weight excluding hydrogens is 423 g/mol. The molecule has 0 spiro atoms. The van der Waals surface area contributed by atoms with Crippen LogP contribution in [0.4, 0.5) is 10.1 Å². The van der Waals surface area contributed by atoms with Gasteiger partial charge in [0.25, 0.3) is 10.0 Å². The van der Waals surface area contributed by atoms with E-state index in [1.54, 1.807) is 47.7 Å². The molecule has 0 fully saturated rings. The van der Waals surface area contributed by atoms with Crippen LogP contribution in [0.5, 0.6) is 11.5 Å². The summed E-state index contributed by atoms with van der Waals surface area (Å²) in [5.74, 6) is 1.10. The van der Waals surface area contributed by atoms with E-state index in [-0.39, 0.29) is 18.2 Å². The summed E-state index contributed by atoms with van der Waals surface area (Å²) < 4.78 is 54.8. The van der Waals surface area contributed by atoms with Crippen LogP contribution < -0.4 is 13.8 Å². The fraction of sp³-hybridized carbons (Fsp3) is 0.143. The number of rotatable bonds is 5. The van der Waals surface area contributed by atoms with E-state index < -0.39 is 15.8 Å². The number of aryl methyl sites for hydroxylation is 1. The number of pyridine rings is 1. The van der Waals surface area contributed by atoms with Crippen molar-refractivity contribution in [3.05, 3.63) is 78.0 Å². The molecule has 0 radical (unpaired) electrons. The Hall–Kier alpha value is -3.66. The minimum Gasteiger partial charge on any atom is -0.454 e. The summed E-state index contributed by atoms with van der Waals surface area (Å²) in [6.45, 7) is 1.73. The van der Waals surface area contributed by atoms with Gasteiger partial charge in [0.05, 0.1) is 12.2 Å². The molecule has 10 heteroatoms. The van der Waals surface area contributed by atoms with Crippen molar-refractivity contribution in [2.45, 2.75) is 18.4 Å². The number of hydrogen-bond donors (Lipinski definition) is 0. The van der Waals surface area contributed by atoms with Gasteiger partial charge in [0, 0.05) is 12.3 Å². The third-order valence-electron chi connectivity index (χ3n) is 4.99. The van der Waals surface area contributed by atoms with Crippen LogP contribution in [-0.4, -0.2) is 29.8 Å². The van der Waals surface area contributed by atoms with E-state index in [0.29, 0.717) is 34.2 Å². The van der Waals surface area contributed by atoms with Gasteiger partial charge < -0.3 is 9.47 Å². The summed E-state index contributed by atoms with van der Waals surface area (Å²) in [6, 6.07) is 13.8. The van der Waals surface area contributed by atoms with Crippen molar-refractivity contribution in [1.82, 2.24) is 14.6 Å². The van der Waals surface area contributed by atoms with Gasteiger partial charge in [-0.1, -0.05) is 12.1 Å². The molecule has 4 aromatic rings. The van der Waals surface area contributed by atoms with Crippen LogP contribution >= 0.6 is 0 Å². The van der Waals surface area contributed by atoms with Gasteiger partial charge >= 0.3 is 0 Å². The standard InChI is InChI=1S/C21H17FN4O4S/c1-14-23-24-21-8-6-18(12-25(14)21)31(27,28)26(11-15-3-2-4-16(22)9-15)17-5-7-19-20(10-17)30-13-29-19/h2-10,12H,11,13H2,1H3. The summed E-state index contributed by atoms with van der Waals surface area (Å²) in [7, 11) is -4.03. The van der Waals surface area contributed by atoms with Crippen LogP contribution in [0.1, 0.15) is 11.4 Å². The van der Waals surface area contributed by atoms with Crippen molar-refractivity contribution in [2.24, 2.45) is 0 Å². The summed E-state index contributed by atoms with van der Waals surface area (Å²) in [4.78, 5) is 0.0527. The Labute approximate surface area is 177 Å². The van der Waals surface area contributed by atoms with E-state index >= 15 is 0 Å². The second-order valence-corrected chi connectivity index (χ2v) is 8.88. The predicted octanol–water partition coefficient (Wildman–Crippen LogP) is 3.30. The van der Waals surface area contributed by atoms with E-state index in [9.17, 15) is 12.8 Å². The SMILES string of the molecule is Cc1nnc2ccc(S(=O)(=O)N(Cc3cccc(F)c3)c3ccc4c(c3)OCO4)cn12. The van der Waals surface area contributed by atoms with Crippen LogP contribution in [0.3, 0.4) is 0 Å². The quantitative estimate of drug-likeness (QED) is 0.473. The highest BCUT2D eigenvalue weighted by Gasteiger charge is 2.28. The normalized spacial score (nSPS) is 13.0. The number of hydrogen-bond acceptors (Lipinski definition) is 6. The first-order chi connectivity index (χ1) is 14.9. The smallest absolute Gasteiger partial charge is 0.266 e. The number of nitrogens with zero attached hydrogens (tertiary/aromatic N) is 4. The topological polar surface area (TPSA) is 86.0 Å². The molecule has 1 aliphatic rings. The summed E-state index contributed by atoms with van der Waals surface area (Å²) in [6.07, 6.45) is 1.48. The molecule has 0 atom stereocenters. The highest BCUT2D eigenvalue weighted by Crippen LogP contribution is 2.37. The molecule has 2 aromatic carbocycles. The molecule has 1 aliphatic heterocycles. The molecule has 2 aromatic heterocycles. The molecule has 0 N–H and O–H groups in total. The number of benzene rings is 2. The molecule has 31 heavy (non-hydrogen) atoms. The molecule has 5 rings (SSSR count). The monoisotopic (exact) mass is 440 g/mol. The van der Waals surface area contributed by atoms with Crippen molar-refractivity contribution < 1.29 is 22.3 Å². The average molecular weight is 440 g/mol. The van der Waals surface area contributed by atoms with Gasteiger partial charge in [0.1, 0.15) is 16.5 Å². The second kappa shape index (κ2) is 7.24. The lowest BCUT2D eigenvalue weighted by Crippen LogP contribution is -2.30. The number of sulfonamides is 1. The lowest BCUT2D eigenvalue weighted by molar-refractivity contribution is 0.174. The minimum atomic E-state index is -4.03. The largest absolute Gasteiger partial charge is 0.454 e. The fourth-order valence-electron chi connectivity index (χ4n) is 3.42. The first-order valence-corrected chi connectivity index (χ1v) is 10.8. The number of anilines is 1. The zero-order valence-corrected chi connectivity index (χ0v) is 17.2. The molecule has 3 heterocycles. The lowest BCUT2D eigenvalue weighted by atomic mass is 10.2. The van der Waals surface area contributed by atoms with Gasteiger partial charge in [-0.15, -0.1) is 10.2 Å². The lowest BCUT2D eigenvalue weighted by Gasteiger charge is -2.25. The van der Waals surface area contributed by atoms with Crippen LogP contribution in [0.15, 0.2) is 65.7 Å². The third kappa shape index (κ3) is 3.44. The van der Waals surface area contributed by atoms with Gasteiger partial charge in [-0.3, -0.25) is 8.71 Å². The first kappa shape index (κ1) is 19.3. The Morgan fingerprint density at radius 2 is 1.90 bits per heavy atom. The van der Waals surface area contributed by atoms with Gasteiger partial charge in [-0.25, -0.2) is 12.8 Å². The Kier molecular flexibility index (Phi) is 4.51. The number of halogens is 1. The van der Waals surface area contributed by atoms with E-state index in [1.807, 2.05) is 0 Å². The van der Waals surface area contributed by atoms with Crippen molar-refractivity contribution in [2.75, 3.05) is 11.1 Å². The van der Waals surface area contributed by atoms with Gasteiger partial charge in [-0.05, 0) is 48.9 Å². The zero-order valence-electron chi connectivity index (χ0n) is 16.4. The van der Waals surface area contributed by atoms with Crippen molar-refractivity contribution in [1.29, 1.82) is 0 Å². The maximum atomic E-state index is 13.8. The van der Waals surface area contributed by atoms with Gasteiger partial charge in [0.2, 0.25) is 6.79 Å². The Bertz CT molecular complexity index is 1400. The number of aromatic nitrogens is 3. The maximum Gasteiger partial charge on any atom is 0.266 e. The van der Waals surface area contributed by atoms with Crippen LogP contribution in [0, 0.1) is 12.7 Å². The molecule has 0 bridgehead atoms. The Balaban J connectivity index is 1.63. The van der Waals surface area contributed by atoms with Gasteiger partial charge in [-0.2, -0.15) is 0 Å². The third-order valence-corrected chi connectivity index (χ3v) is 6.75. The molecule has 0 amide bonds. The van der Waals surface area contributed by atoms with E-state index in [4.69, 9.17) is 9.47 Å². The van der Waals surface area contributed by atoms with Crippen LogP contribution in [0.25, 0.3) is 5.65 Å². The first-order valence-electron chi connectivity index (χ1n) is 9.40. The molecule has 8 nitrogen and oxygen atoms in total.